The Hall–Kier alpha value is -2.68. The van der Waals surface area contributed by atoms with Crippen LogP contribution in [0.3, 0.4) is 0 Å². The maximum absolute atomic E-state index is 12.6. The van der Waals surface area contributed by atoms with Crippen molar-refractivity contribution in [3.05, 3.63) is 72.1 Å². The third-order valence-corrected chi connectivity index (χ3v) is 3.97. The Labute approximate surface area is 122 Å². The molecule has 1 aliphatic heterocycles. The molecule has 3 nitrogen and oxygen atoms in total. The average Bonchev–Trinajstić information content (AvgIpc) is 2.81. The van der Waals surface area contributed by atoms with Crippen LogP contribution in [-0.4, -0.2) is 17.4 Å². The van der Waals surface area contributed by atoms with E-state index in [0.717, 1.165) is 34.1 Å². The summed E-state index contributed by atoms with van der Waals surface area (Å²) in [5.74, 6) is 0.0951. The first-order chi connectivity index (χ1) is 10.3. The summed E-state index contributed by atoms with van der Waals surface area (Å²) < 4.78 is 0. The quantitative estimate of drug-likeness (QED) is 0.733. The van der Waals surface area contributed by atoms with Crippen LogP contribution in [0, 0.1) is 0 Å². The van der Waals surface area contributed by atoms with Crippen LogP contribution < -0.4 is 4.90 Å². The largest absolute Gasteiger partial charge is 0.307 e. The van der Waals surface area contributed by atoms with Crippen molar-refractivity contribution in [3.63, 3.8) is 0 Å². The normalized spacial score (nSPS) is 13.1. The number of pyridine rings is 1. The fourth-order valence-electron chi connectivity index (χ4n) is 2.97. The van der Waals surface area contributed by atoms with Gasteiger partial charge in [-0.05, 0) is 29.7 Å². The van der Waals surface area contributed by atoms with Gasteiger partial charge in [0.25, 0.3) is 5.91 Å². The van der Waals surface area contributed by atoms with Gasteiger partial charge in [0.1, 0.15) is 0 Å². The zero-order valence-corrected chi connectivity index (χ0v) is 11.5. The molecule has 2 heterocycles. The highest BCUT2D eigenvalue weighted by Gasteiger charge is 2.28. The van der Waals surface area contributed by atoms with Gasteiger partial charge in [0.15, 0.2) is 0 Å². The van der Waals surface area contributed by atoms with Crippen LogP contribution in [0.1, 0.15) is 16.1 Å². The lowest BCUT2D eigenvalue weighted by atomic mass is 10.1. The highest BCUT2D eigenvalue weighted by molar-refractivity contribution is 6.24. The summed E-state index contributed by atoms with van der Waals surface area (Å²) in [6, 6.07) is 17.9. The predicted octanol–water partition coefficient (Wildman–Crippen LogP) is 3.44. The van der Waals surface area contributed by atoms with E-state index in [-0.39, 0.29) is 5.91 Å². The Bertz CT molecular complexity index is 822. The lowest BCUT2D eigenvalue weighted by Gasteiger charge is -2.17. The molecule has 102 valence electrons. The van der Waals surface area contributed by atoms with Gasteiger partial charge in [-0.15, -0.1) is 0 Å². The zero-order valence-electron chi connectivity index (χ0n) is 11.5. The van der Waals surface area contributed by atoms with Crippen molar-refractivity contribution < 1.29 is 4.79 Å². The summed E-state index contributed by atoms with van der Waals surface area (Å²) in [6.45, 7) is 0.656. The Balaban J connectivity index is 1.70. The van der Waals surface area contributed by atoms with Crippen LogP contribution in [0.5, 0.6) is 0 Å². The number of hydrogen-bond donors (Lipinski definition) is 0. The summed E-state index contributed by atoms with van der Waals surface area (Å²) in [5.41, 5.74) is 2.83. The van der Waals surface area contributed by atoms with Crippen LogP contribution in [0.4, 0.5) is 5.69 Å². The van der Waals surface area contributed by atoms with Gasteiger partial charge >= 0.3 is 0 Å². The topological polar surface area (TPSA) is 33.2 Å². The fraction of sp³-hybridized carbons (Fsp3) is 0.111. The first-order valence-electron chi connectivity index (χ1n) is 7.08. The van der Waals surface area contributed by atoms with Crippen molar-refractivity contribution in [3.8, 4) is 0 Å². The van der Waals surface area contributed by atoms with Crippen LogP contribution in [0.2, 0.25) is 0 Å². The zero-order chi connectivity index (χ0) is 14.2. The van der Waals surface area contributed by atoms with Crippen molar-refractivity contribution in [2.45, 2.75) is 6.42 Å². The van der Waals surface area contributed by atoms with E-state index in [0.29, 0.717) is 6.54 Å². The molecule has 1 aromatic heterocycles. The second-order valence-electron chi connectivity index (χ2n) is 5.21. The molecule has 0 unspecified atom stereocenters. The third-order valence-electron chi connectivity index (χ3n) is 3.97. The molecule has 0 fully saturated rings. The number of hydrogen-bond acceptors (Lipinski definition) is 2. The van der Waals surface area contributed by atoms with Crippen molar-refractivity contribution in [1.29, 1.82) is 0 Å². The molecule has 2 aromatic carbocycles. The molecule has 0 saturated carbocycles. The molecule has 4 rings (SSSR count). The van der Waals surface area contributed by atoms with Gasteiger partial charge in [-0.25, -0.2) is 0 Å². The van der Waals surface area contributed by atoms with Gasteiger partial charge < -0.3 is 4.90 Å². The van der Waals surface area contributed by atoms with E-state index < -0.39 is 0 Å². The molecule has 0 atom stereocenters. The number of carbonyl (C=O) groups excluding carboxylic acids is 1. The Kier molecular flexibility index (Phi) is 2.71. The maximum Gasteiger partial charge on any atom is 0.259 e. The minimum Gasteiger partial charge on any atom is -0.307 e. The monoisotopic (exact) mass is 274 g/mol. The first-order valence-corrected chi connectivity index (χ1v) is 7.08. The lowest BCUT2D eigenvalue weighted by Crippen LogP contribution is -2.29. The second kappa shape index (κ2) is 4.70. The van der Waals surface area contributed by atoms with E-state index in [1.807, 2.05) is 47.4 Å². The average molecular weight is 274 g/mol. The van der Waals surface area contributed by atoms with Gasteiger partial charge in [-0.1, -0.05) is 30.3 Å². The van der Waals surface area contributed by atoms with Gasteiger partial charge in [0.05, 0.1) is 5.69 Å². The Morgan fingerprint density at radius 3 is 2.62 bits per heavy atom. The molecule has 0 radical (unpaired) electrons. The Morgan fingerprint density at radius 1 is 0.952 bits per heavy atom. The molecule has 0 aliphatic carbocycles. The first kappa shape index (κ1) is 12.1. The van der Waals surface area contributed by atoms with Crippen LogP contribution >= 0.6 is 0 Å². The molecule has 0 spiro atoms. The van der Waals surface area contributed by atoms with E-state index in [4.69, 9.17) is 0 Å². The summed E-state index contributed by atoms with van der Waals surface area (Å²) in [6.07, 6.45) is 2.55. The summed E-state index contributed by atoms with van der Waals surface area (Å²) in [4.78, 5) is 18.8. The van der Waals surface area contributed by atoms with Gasteiger partial charge in [0, 0.05) is 35.8 Å². The minimum atomic E-state index is 0.0951. The predicted molar refractivity (Wildman–Crippen MR) is 83.6 cm³/mol. The van der Waals surface area contributed by atoms with Crippen molar-refractivity contribution in [2.75, 3.05) is 11.4 Å². The second-order valence-corrected chi connectivity index (χ2v) is 5.21. The number of benzene rings is 2. The number of anilines is 1. The molecule has 1 amide bonds. The molecule has 3 heteroatoms. The molecule has 0 saturated heterocycles. The number of nitrogens with zero attached hydrogens (tertiary/aromatic N) is 2. The molecule has 0 bridgehead atoms. The lowest BCUT2D eigenvalue weighted by molar-refractivity contribution is 0.0993. The minimum absolute atomic E-state index is 0.0951. The van der Waals surface area contributed by atoms with Crippen LogP contribution in [0.25, 0.3) is 10.8 Å². The molecule has 21 heavy (non-hydrogen) atoms. The maximum atomic E-state index is 12.6. The number of amides is 1. The Morgan fingerprint density at radius 2 is 1.81 bits per heavy atom. The molecule has 1 aliphatic rings. The summed E-state index contributed by atoms with van der Waals surface area (Å²) in [7, 11) is 0. The fourth-order valence-corrected chi connectivity index (χ4v) is 2.97. The molecular weight excluding hydrogens is 260 g/mol. The van der Waals surface area contributed by atoms with Gasteiger partial charge in [-0.3, -0.25) is 9.78 Å². The van der Waals surface area contributed by atoms with Crippen molar-refractivity contribution in [1.82, 2.24) is 4.98 Å². The number of aromatic nitrogens is 1. The van der Waals surface area contributed by atoms with E-state index in [1.54, 1.807) is 6.20 Å². The van der Waals surface area contributed by atoms with Crippen molar-refractivity contribution >= 4 is 22.4 Å². The van der Waals surface area contributed by atoms with E-state index >= 15 is 0 Å². The number of rotatable bonds is 3. The van der Waals surface area contributed by atoms with Crippen LogP contribution in [0.15, 0.2) is 60.8 Å². The highest BCUT2D eigenvalue weighted by Crippen LogP contribution is 2.36. The number of carbonyl (C=O) groups is 1. The molecule has 3 aromatic rings. The SMILES string of the molecule is O=C1c2cccc3cccc(c23)N1CCc1ccccn1. The van der Waals surface area contributed by atoms with Gasteiger partial charge in [0.2, 0.25) is 0 Å². The standard InChI is InChI=1S/C18H14N2O/c21-18-15-8-3-5-13-6-4-9-16(17(13)15)20(18)12-10-14-7-1-2-11-19-14/h1-9,11H,10,12H2. The molecule has 0 N–H and O–H groups in total. The smallest absolute Gasteiger partial charge is 0.259 e. The molecular formula is C18H14N2O. The third kappa shape index (κ3) is 1.89. The van der Waals surface area contributed by atoms with Crippen LogP contribution in [-0.2, 0) is 6.42 Å². The van der Waals surface area contributed by atoms with E-state index in [1.165, 1.54) is 0 Å². The van der Waals surface area contributed by atoms with Crippen molar-refractivity contribution in [2.24, 2.45) is 0 Å². The highest BCUT2D eigenvalue weighted by atomic mass is 16.2. The van der Waals surface area contributed by atoms with E-state index in [2.05, 4.69) is 17.1 Å². The summed E-state index contributed by atoms with van der Waals surface area (Å²) in [5, 5.41) is 2.20. The van der Waals surface area contributed by atoms with E-state index in [9.17, 15) is 4.79 Å². The summed E-state index contributed by atoms with van der Waals surface area (Å²) >= 11 is 0. The van der Waals surface area contributed by atoms with Gasteiger partial charge in [-0.2, -0.15) is 0 Å².